The minimum absolute atomic E-state index is 0.475. The molecule has 1 atom stereocenters. The van der Waals surface area contributed by atoms with Crippen LogP contribution in [0.4, 0.5) is 0 Å². The highest BCUT2D eigenvalue weighted by atomic mass is 31.1. The van der Waals surface area contributed by atoms with Crippen molar-refractivity contribution in [2.45, 2.75) is 38.7 Å². The van der Waals surface area contributed by atoms with Crippen LogP contribution in [0.5, 0.6) is 0 Å². The summed E-state index contributed by atoms with van der Waals surface area (Å²) in [6.07, 6.45) is 7.16. The lowest BCUT2D eigenvalue weighted by atomic mass is 9.91. The smallest absolute Gasteiger partial charge is 0.141 e. The van der Waals surface area contributed by atoms with Gasteiger partial charge in [0.05, 0.1) is 0 Å². The van der Waals surface area contributed by atoms with Gasteiger partial charge in [0.2, 0.25) is 0 Å². The van der Waals surface area contributed by atoms with E-state index in [4.69, 9.17) is 4.52 Å². The highest BCUT2D eigenvalue weighted by molar-refractivity contribution is 7.39. The first kappa shape index (κ1) is 12.7. The van der Waals surface area contributed by atoms with Crippen LogP contribution in [0, 0.1) is 5.92 Å². The Morgan fingerprint density at radius 3 is 2.53 bits per heavy atom. The van der Waals surface area contributed by atoms with E-state index in [-0.39, 0.29) is 0 Å². The van der Waals surface area contributed by atoms with Crippen LogP contribution in [-0.4, -0.2) is 6.16 Å². The first-order valence-electron chi connectivity index (χ1n) is 6.46. The van der Waals surface area contributed by atoms with Crippen molar-refractivity contribution in [1.29, 1.82) is 0 Å². The standard InChI is InChI=1S/C14H20O2P/c15-17(12-14-9-5-2-6-10-14)16-11-13-7-3-1-4-8-13/h1,3-4,7-8,14H,2,5-6,9-12H2/q+1. The maximum Gasteiger partial charge on any atom is 0.508 e. The maximum absolute atomic E-state index is 11.8. The van der Waals surface area contributed by atoms with Gasteiger partial charge in [-0.05, 0) is 23.0 Å². The van der Waals surface area contributed by atoms with Crippen molar-refractivity contribution in [3.05, 3.63) is 35.9 Å². The Bertz CT molecular complexity index is 344. The summed E-state index contributed by atoms with van der Waals surface area (Å²) in [6.45, 7) is 0.475. The molecule has 1 aromatic carbocycles. The van der Waals surface area contributed by atoms with Gasteiger partial charge >= 0.3 is 8.03 Å². The van der Waals surface area contributed by atoms with Crippen LogP contribution in [0.15, 0.2) is 30.3 Å². The molecule has 0 heterocycles. The predicted molar refractivity (Wildman–Crippen MR) is 70.3 cm³/mol. The third-order valence-electron chi connectivity index (χ3n) is 3.35. The van der Waals surface area contributed by atoms with Crippen LogP contribution in [0.1, 0.15) is 37.7 Å². The van der Waals surface area contributed by atoms with Gasteiger partial charge in [-0.15, -0.1) is 4.52 Å². The summed E-state index contributed by atoms with van der Waals surface area (Å²) < 4.78 is 17.3. The molecule has 1 aliphatic rings. The number of rotatable bonds is 5. The summed E-state index contributed by atoms with van der Waals surface area (Å²) in [7, 11) is -1.48. The van der Waals surface area contributed by atoms with Crippen LogP contribution < -0.4 is 0 Å². The quantitative estimate of drug-likeness (QED) is 0.719. The molecule has 0 aromatic heterocycles. The molecule has 92 valence electrons. The summed E-state index contributed by atoms with van der Waals surface area (Å²) in [5.41, 5.74) is 1.10. The summed E-state index contributed by atoms with van der Waals surface area (Å²) in [5, 5.41) is 0. The lowest BCUT2D eigenvalue weighted by molar-refractivity contribution is 0.306. The summed E-state index contributed by atoms with van der Waals surface area (Å²) in [6, 6.07) is 9.94. The molecule has 1 aromatic rings. The van der Waals surface area contributed by atoms with Crippen molar-refractivity contribution in [3.63, 3.8) is 0 Å². The van der Waals surface area contributed by atoms with Crippen molar-refractivity contribution in [3.8, 4) is 0 Å². The first-order chi connectivity index (χ1) is 8.34. The molecule has 1 saturated carbocycles. The van der Waals surface area contributed by atoms with Gasteiger partial charge in [-0.25, -0.2) is 0 Å². The van der Waals surface area contributed by atoms with Crippen molar-refractivity contribution in [2.75, 3.05) is 6.16 Å². The van der Waals surface area contributed by atoms with E-state index >= 15 is 0 Å². The van der Waals surface area contributed by atoms with Gasteiger partial charge in [-0.3, -0.25) is 0 Å². The zero-order valence-electron chi connectivity index (χ0n) is 10.2. The molecule has 0 aliphatic heterocycles. The molecule has 2 nitrogen and oxygen atoms in total. The topological polar surface area (TPSA) is 26.3 Å². The molecular formula is C14H20O2P+. The Balaban J connectivity index is 1.70. The van der Waals surface area contributed by atoms with Crippen LogP contribution in [0.2, 0.25) is 0 Å². The van der Waals surface area contributed by atoms with Gasteiger partial charge in [0.15, 0.2) is 6.16 Å². The molecule has 3 heteroatoms. The molecule has 1 fully saturated rings. The Hall–Kier alpha value is -0.720. The average molecular weight is 251 g/mol. The lowest BCUT2D eigenvalue weighted by Crippen LogP contribution is -2.08. The first-order valence-corrected chi connectivity index (χ1v) is 7.82. The van der Waals surface area contributed by atoms with E-state index in [1.807, 2.05) is 30.3 Å². The van der Waals surface area contributed by atoms with Crippen molar-refractivity contribution >= 4 is 8.03 Å². The van der Waals surface area contributed by atoms with Gasteiger partial charge in [0, 0.05) is 5.92 Å². The van der Waals surface area contributed by atoms with Crippen molar-refractivity contribution in [1.82, 2.24) is 0 Å². The molecule has 1 unspecified atom stereocenters. The van der Waals surface area contributed by atoms with E-state index < -0.39 is 8.03 Å². The molecule has 0 amide bonds. The van der Waals surface area contributed by atoms with Crippen LogP contribution in [0.25, 0.3) is 0 Å². The highest BCUT2D eigenvalue weighted by Gasteiger charge is 2.26. The van der Waals surface area contributed by atoms with E-state index in [9.17, 15) is 4.57 Å². The molecule has 0 N–H and O–H groups in total. The Morgan fingerprint density at radius 1 is 1.12 bits per heavy atom. The van der Waals surface area contributed by atoms with Gasteiger partial charge in [-0.1, -0.05) is 49.6 Å². The summed E-state index contributed by atoms with van der Waals surface area (Å²) in [5.74, 6) is 0.628. The molecule has 2 rings (SSSR count). The lowest BCUT2D eigenvalue weighted by Gasteiger charge is -2.16. The zero-order valence-corrected chi connectivity index (χ0v) is 11.1. The minimum atomic E-state index is -1.48. The van der Waals surface area contributed by atoms with Crippen LogP contribution in [0.3, 0.4) is 0 Å². The fourth-order valence-corrected chi connectivity index (χ4v) is 3.54. The number of benzene rings is 1. The normalized spacial score (nSPS) is 18.0. The zero-order chi connectivity index (χ0) is 11.9. The fourth-order valence-electron chi connectivity index (χ4n) is 2.35. The van der Waals surface area contributed by atoms with E-state index in [1.54, 1.807) is 0 Å². The second-order valence-electron chi connectivity index (χ2n) is 4.78. The van der Waals surface area contributed by atoms with E-state index in [2.05, 4.69) is 0 Å². The van der Waals surface area contributed by atoms with Crippen LogP contribution >= 0.6 is 8.03 Å². The Morgan fingerprint density at radius 2 is 1.82 bits per heavy atom. The summed E-state index contributed by atoms with van der Waals surface area (Å²) >= 11 is 0. The third-order valence-corrected chi connectivity index (χ3v) is 4.58. The van der Waals surface area contributed by atoms with Crippen molar-refractivity contribution in [2.24, 2.45) is 5.92 Å². The van der Waals surface area contributed by atoms with Gasteiger partial charge in [0.25, 0.3) is 0 Å². The Kier molecular flexibility index (Phi) is 5.15. The van der Waals surface area contributed by atoms with Gasteiger partial charge in [0.1, 0.15) is 6.61 Å². The fraction of sp³-hybridized carbons (Fsp3) is 0.571. The molecule has 0 saturated heterocycles. The second kappa shape index (κ2) is 6.88. The SMILES string of the molecule is O=[P+](CC1CCCCC1)OCc1ccccc1. The number of hydrogen-bond donors (Lipinski definition) is 0. The molecule has 0 spiro atoms. The molecule has 0 radical (unpaired) electrons. The third kappa shape index (κ3) is 4.57. The van der Waals surface area contributed by atoms with E-state index in [0.29, 0.717) is 12.5 Å². The molecule has 1 aliphatic carbocycles. The Labute approximate surface area is 104 Å². The molecule has 17 heavy (non-hydrogen) atoms. The van der Waals surface area contributed by atoms with Gasteiger partial charge < -0.3 is 0 Å². The van der Waals surface area contributed by atoms with E-state index in [0.717, 1.165) is 11.7 Å². The molecular weight excluding hydrogens is 231 g/mol. The molecule has 0 bridgehead atoms. The minimum Gasteiger partial charge on any atom is -0.141 e. The highest BCUT2D eigenvalue weighted by Crippen LogP contribution is 2.34. The maximum atomic E-state index is 11.8. The van der Waals surface area contributed by atoms with Crippen molar-refractivity contribution < 1.29 is 9.09 Å². The van der Waals surface area contributed by atoms with Gasteiger partial charge in [-0.2, -0.15) is 0 Å². The number of hydrogen-bond acceptors (Lipinski definition) is 2. The monoisotopic (exact) mass is 251 g/mol. The van der Waals surface area contributed by atoms with E-state index in [1.165, 1.54) is 32.1 Å². The largest absolute Gasteiger partial charge is 0.508 e. The average Bonchev–Trinajstić information content (AvgIpc) is 2.39. The van der Waals surface area contributed by atoms with Crippen LogP contribution in [-0.2, 0) is 15.7 Å². The second-order valence-corrected chi connectivity index (χ2v) is 6.07. The predicted octanol–water partition coefficient (Wildman–Crippen LogP) is 4.53. The summed E-state index contributed by atoms with van der Waals surface area (Å²) in [4.78, 5) is 0.